The van der Waals surface area contributed by atoms with Crippen molar-refractivity contribution >= 4 is 5.91 Å². The van der Waals surface area contributed by atoms with E-state index in [1.807, 2.05) is 12.1 Å². The summed E-state index contributed by atoms with van der Waals surface area (Å²) in [5.41, 5.74) is 0. The lowest BCUT2D eigenvalue weighted by atomic mass is 10.3. The molecule has 2 N–H and O–H groups in total. The summed E-state index contributed by atoms with van der Waals surface area (Å²) in [6, 6.07) is 7.17. The molecule has 0 bridgehead atoms. The summed E-state index contributed by atoms with van der Waals surface area (Å²) in [4.78, 5) is 16.2. The Hall–Kier alpha value is -1.83. The van der Waals surface area contributed by atoms with Gasteiger partial charge in [-0.05, 0) is 12.1 Å². The number of carbonyl (C=O) groups is 1. The third-order valence-corrected chi connectivity index (χ3v) is 3.79. The van der Waals surface area contributed by atoms with Crippen LogP contribution in [-0.2, 0) is 4.79 Å². The molecule has 0 unspecified atom stereocenters. The average molecular weight is 323 g/mol. The molecule has 0 radical (unpaired) electrons. The van der Waals surface area contributed by atoms with Gasteiger partial charge in [0.2, 0.25) is 0 Å². The minimum absolute atomic E-state index is 0.0162. The normalized spacial score (nSPS) is 16.1. The summed E-state index contributed by atoms with van der Waals surface area (Å²) in [5, 5.41) is 11.8. The molecule has 1 amide bonds. The van der Waals surface area contributed by atoms with Gasteiger partial charge < -0.3 is 19.9 Å². The molecule has 1 aromatic carbocycles. The van der Waals surface area contributed by atoms with E-state index < -0.39 is 0 Å². The highest BCUT2D eigenvalue weighted by molar-refractivity contribution is 5.77. The zero-order chi connectivity index (χ0) is 16.5. The molecule has 0 aliphatic carbocycles. The van der Waals surface area contributed by atoms with Crippen molar-refractivity contribution in [2.45, 2.75) is 0 Å². The molecule has 128 valence electrons. The van der Waals surface area contributed by atoms with Crippen LogP contribution in [-0.4, -0.2) is 80.5 Å². The second-order valence-electron chi connectivity index (χ2n) is 5.41. The maximum absolute atomic E-state index is 11.8. The second kappa shape index (κ2) is 9.34. The number of aliphatic hydroxyl groups excluding tert-OH is 1. The SMILES string of the molecule is COc1cccc(OCC(=O)NCN2CCN(CCO)CC2)c1. The van der Waals surface area contributed by atoms with Crippen molar-refractivity contribution < 1.29 is 19.4 Å². The van der Waals surface area contributed by atoms with E-state index in [1.165, 1.54) is 0 Å². The smallest absolute Gasteiger partial charge is 0.258 e. The molecule has 1 saturated heterocycles. The van der Waals surface area contributed by atoms with Crippen LogP contribution in [0.1, 0.15) is 0 Å². The number of hydrogen-bond donors (Lipinski definition) is 2. The molecule has 0 saturated carbocycles. The predicted octanol–water partition coefficient (Wildman–Crippen LogP) is -0.242. The van der Waals surface area contributed by atoms with E-state index in [9.17, 15) is 4.79 Å². The van der Waals surface area contributed by atoms with Crippen LogP contribution in [0.2, 0.25) is 0 Å². The standard InChI is InChI=1S/C16H25N3O4/c1-22-14-3-2-4-15(11-14)23-12-16(21)17-13-19-7-5-18(6-8-19)9-10-20/h2-4,11,20H,5-10,12-13H2,1H3,(H,17,21). The number of piperazine rings is 1. The maximum atomic E-state index is 11.8. The van der Waals surface area contributed by atoms with Crippen LogP contribution in [0.4, 0.5) is 0 Å². The molecule has 1 aromatic rings. The quantitative estimate of drug-likeness (QED) is 0.688. The Morgan fingerprint density at radius 1 is 1.22 bits per heavy atom. The molecule has 1 fully saturated rings. The number of rotatable bonds is 8. The molecule has 1 heterocycles. The van der Waals surface area contributed by atoms with Crippen LogP contribution in [0.3, 0.4) is 0 Å². The Morgan fingerprint density at radius 2 is 1.91 bits per heavy atom. The van der Waals surface area contributed by atoms with Gasteiger partial charge in [-0.15, -0.1) is 0 Å². The van der Waals surface area contributed by atoms with Gasteiger partial charge in [0.15, 0.2) is 6.61 Å². The number of nitrogens with zero attached hydrogens (tertiary/aromatic N) is 2. The molecule has 23 heavy (non-hydrogen) atoms. The van der Waals surface area contributed by atoms with Gasteiger partial charge in [0.1, 0.15) is 11.5 Å². The van der Waals surface area contributed by atoms with Crippen molar-refractivity contribution in [2.75, 3.05) is 59.7 Å². The zero-order valence-corrected chi connectivity index (χ0v) is 13.5. The number of benzene rings is 1. The van der Waals surface area contributed by atoms with Crippen molar-refractivity contribution in [3.8, 4) is 11.5 Å². The van der Waals surface area contributed by atoms with Crippen LogP contribution >= 0.6 is 0 Å². The maximum Gasteiger partial charge on any atom is 0.258 e. The lowest BCUT2D eigenvalue weighted by molar-refractivity contribution is -0.123. The minimum atomic E-state index is -0.148. The van der Waals surface area contributed by atoms with Crippen LogP contribution in [0.5, 0.6) is 11.5 Å². The molecular formula is C16H25N3O4. The summed E-state index contributed by atoms with van der Waals surface area (Å²) < 4.78 is 10.6. The first-order valence-corrected chi connectivity index (χ1v) is 7.80. The largest absolute Gasteiger partial charge is 0.497 e. The fourth-order valence-electron chi connectivity index (χ4n) is 2.40. The summed E-state index contributed by atoms with van der Waals surface area (Å²) >= 11 is 0. The Balaban J connectivity index is 1.63. The van der Waals surface area contributed by atoms with Crippen molar-refractivity contribution in [2.24, 2.45) is 0 Å². The van der Waals surface area contributed by atoms with Gasteiger partial charge in [0, 0.05) is 38.8 Å². The van der Waals surface area contributed by atoms with E-state index >= 15 is 0 Å². The number of carbonyl (C=O) groups excluding carboxylic acids is 1. The van der Waals surface area contributed by atoms with Gasteiger partial charge in [-0.3, -0.25) is 14.6 Å². The fraction of sp³-hybridized carbons (Fsp3) is 0.562. The Labute approximate surface area is 136 Å². The van der Waals surface area contributed by atoms with E-state index in [4.69, 9.17) is 14.6 Å². The van der Waals surface area contributed by atoms with E-state index in [1.54, 1.807) is 19.2 Å². The van der Waals surface area contributed by atoms with Crippen molar-refractivity contribution in [1.82, 2.24) is 15.1 Å². The van der Waals surface area contributed by atoms with Gasteiger partial charge in [0.05, 0.1) is 20.4 Å². The molecule has 1 aliphatic heterocycles. The predicted molar refractivity (Wildman–Crippen MR) is 86.6 cm³/mol. The number of ether oxygens (including phenoxy) is 2. The number of nitrogens with one attached hydrogen (secondary N) is 1. The molecule has 2 rings (SSSR count). The van der Waals surface area contributed by atoms with Crippen LogP contribution in [0, 0.1) is 0 Å². The minimum Gasteiger partial charge on any atom is -0.497 e. The summed E-state index contributed by atoms with van der Waals surface area (Å²) in [7, 11) is 1.59. The molecular weight excluding hydrogens is 298 g/mol. The first-order chi connectivity index (χ1) is 11.2. The lowest BCUT2D eigenvalue weighted by Crippen LogP contribution is -2.50. The Kier molecular flexibility index (Phi) is 7.12. The van der Waals surface area contributed by atoms with Crippen LogP contribution < -0.4 is 14.8 Å². The highest BCUT2D eigenvalue weighted by Gasteiger charge is 2.16. The van der Waals surface area contributed by atoms with Gasteiger partial charge in [-0.2, -0.15) is 0 Å². The van der Waals surface area contributed by atoms with Crippen LogP contribution in [0.15, 0.2) is 24.3 Å². The molecule has 7 heteroatoms. The Morgan fingerprint density at radius 3 is 2.61 bits per heavy atom. The zero-order valence-electron chi connectivity index (χ0n) is 13.5. The molecule has 7 nitrogen and oxygen atoms in total. The van der Waals surface area contributed by atoms with Gasteiger partial charge in [0.25, 0.3) is 5.91 Å². The van der Waals surface area contributed by atoms with E-state index in [0.29, 0.717) is 24.7 Å². The third kappa shape index (κ3) is 6.05. The third-order valence-electron chi connectivity index (χ3n) is 3.79. The van der Waals surface area contributed by atoms with Crippen LogP contribution in [0.25, 0.3) is 0 Å². The average Bonchev–Trinajstić information content (AvgIpc) is 2.60. The van der Waals surface area contributed by atoms with Gasteiger partial charge >= 0.3 is 0 Å². The number of methoxy groups -OCH3 is 1. The lowest BCUT2D eigenvalue weighted by Gasteiger charge is -2.34. The molecule has 0 atom stereocenters. The van der Waals surface area contributed by atoms with E-state index in [2.05, 4.69) is 15.1 Å². The highest BCUT2D eigenvalue weighted by atomic mass is 16.5. The second-order valence-corrected chi connectivity index (χ2v) is 5.41. The van der Waals surface area contributed by atoms with Crippen molar-refractivity contribution in [3.63, 3.8) is 0 Å². The fourth-order valence-corrected chi connectivity index (χ4v) is 2.40. The van der Waals surface area contributed by atoms with Crippen molar-refractivity contribution in [3.05, 3.63) is 24.3 Å². The van der Waals surface area contributed by atoms with Crippen molar-refractivity contribution in [1.29, 1.82) is 0 Å². The molecule has 0 spiro atoms. The number of aliphatic hydroxyl groups is 1. The number of amides is 1. The molecule has 1 aliphatic rings. The summed E-state index contributed by atoms with van der Waals surface area (Å²) in [5.74, 6) is 1.16. The Bertz CT molecular complexity index is 490. The van der Waals surface area contributed by atoms with Gasteiger partial charge in [-0.1, -0.05) is 6.07 Å². The summed E-state index contributed by atoms with van der Waals surface area (Å²) in [6.07, 6.45) is 0. The van der Waals surface area contributed by atoms with E-state index in [0.717, 1.165) is 26.2 Å². The van der Waals surface area contributed by atoms with Gasteiger partial charge in [-0.25, -0.2) is 0 Å². The first-order valence-electron chi connectivity index (χ1n) is 7.80. The number of β-amino-alcohol motifs (C(OH)–C–C–N with tert-alkyl or cyclic N) is 1. The number of hydrogen-bond acceptors (Lipinski definition) is 6. The monoisotopic (exact) mass is 323 g/mol. The van der Waals surface area contributed by atoms with E-state index in [-0.39, 0.29) is 19.1 Å². The summed E-state index contributed by atoms with van der Waals surface area (Å²) in [6.45, 7) is 5.01. The highest BCUT2D eigenvalue weighted by Crippen LogP contribution is 2.18. The first kappa shape index (κ1) is 17.5. The molecule has 0 aromatic heterocycles. The topological polar surface area (TPSA) is 74.3 Å².